The minimum atomic E-state index is 0.240. The van der Waals surface area contributed by atoms with Crippen molar-refractivity contribution in [3.8, 4) is 0 Å². The van der Waals surface area contributed by atoms with Gasteiger partial charge >= 0.3 is 0 Å². The first kappa shape index (κ1) is 12.2. The first-order valence-corrected chi connectivity index (χ1v) is 6.05. The van der Waals surface area contributed by atoms with Gasteiger partial charge in [-0.3, -0.25) is 9.79 Å². The molecule has 1 aliphatic carbocycles. The minimum absolute atomic E-state index is 0.240. The minimum Gasteiger partial charge on any atom is -0.387 e. The first-order valence-electron chi connectivity index (χ1n) is 6.05. The molecule has 0 unspecified atom stereocenters. The average Bonchev–Trinajstić information content (AvgIpc) is 2.64. The summed E-state index contributed by atoms with van der Waals surface area (Å²) >= 11 is 0. The average molecular weight is 210 g/mol. The van der Waals surface area contributed by atoms with Gasteiger partial charge in [-0.2, -0.15) is 0 Å². The van der Waals surface area contributed by atoms with Crippen molar-refractivity contribution in [1.29, 1.82) is 0 Å². The van der Waals surface area contributed by atoms with E-state index in [1.54, 1.807) is 0 Å². The lowest BCUT2D eigenvalue weighted by Crippen LogP contribution is -2.22. The zero-order valence-electron chi connectivity index (χ0n) is 9.67. The van der Waals surface area contributed by atoms with Crippen molar-refractivity contribution in [3.05, 3.63) is 0 Å². The highest BCUT2D eigenvalue weighted by atomic mass is 16.1. The maximum Gasteiger partial charge on any atom is 0.133 e. The molecule has 86 valence electrons. The summed E-state index contributed by atoms with van der Waals surface area (Å²) in [6.45, 7) is 3.03. The molecule has 3 nitrogen and oxygen atoms in total. The zero-order valence-corrected chi connectivity index (χ0v) is 9.67. The molecule has 1 atom stereocenters. The van der Waals surface area contributed by atoms with Gasteiger partial charge < -0.3 is 5.73 Å². The molecule has 0 radical (unpaired) electrons. The SMILES string of the molecule is CCCCCCN=C(N)[C@H]1CCC(=O)C1. The predicted molar refractivity (Wildman–Crippen MR) is 63.0 cm³/mol. The quantitative estimate of drug-likeness (QED) is 0.415. The fourth-order valence-corrected chi connectivity index (χ4v) is 1.94. The Bertz CT molecular complexity index is 236. The lowest BCUT2D eigenvalue weighted by molar-refractivity contribution is -0.117. The van der Waals surface area contributed by atoms with E-state index >= 15 is 0 Å². The predicted octanol–water partition coefficient (Wildman–Crippen LogP) is 2.29. The number of Topliss-reactive ketones (excluding diaryl/α,β-unsaturated/α-hetero) is 1. The van der Waals surface area contributed by atoms with E-state index in [-0.39, 0.29) is 5.92 Å². The Morgan fingerprint density at radius 1 is 1.47 bits per heavy atom. The second-order valence-corrected chi connectivity index (χ2v) is 4.35. The third-order valence-corrected chi connectivity index (χ3v) is 2.97. The number of ketones is 1. The zero-order chi connectivity index (χ0) is 11.1. The molecule has 2 N–H and O–H groups in total. The summed E-state index contributed by atoms with van der Waals surface area (Å²) in [7, 11) is 0. The number of hydrogen-bond acceptors (Lipinski definition) is 2. The van der Waals surface area contributed by atoms with Gasteiger partial charge in [0.1, 0.15) is 5.78 Å². The molecule has 0 bridgehead atoms. The molecule has 15 heavy (non-hydrogen) atoms. The first-order chi connectivity index (χ1) is 7.24. The Morgan fingerprint density at radius 2 is 2.27 bits per heavy atom. The number of amidine groups is 1. The third-order valence-electron chi connectivity index (χ3n) is 2.97. The van der Waals surface area contributed by atoms with Crippen LogP contribution in [0.3, 0.4) is 0 Å². The second-order valence-electron chi connectivity index (χ2n) is 4.35. The molecular formula is C12H22N2O. The molecule has 0 aromatic rings. The van der Waals surface area contributed by atoms with Crippen molar-refractivity contribution in [2.75, 3.05) is 6.54 Å². The molecule has 3 heteroatoms. The fraction of sp³-hybridized carbons (Fsp3) is 0.833. The summed E-state index contributed by atoms with van der Waals surface area (Å²) in [5.41, 5.74) is 5.85. The Kier molecular flexibility index (Phi) is 5.37. The van der Waals surface area contributed by atoms with E-state index in [9.17, 15) is 4.79 Å². The highest BCUT2D eigenvalue weighted by Crippen LogP contribution is 2.21. The van der Waals surface area contributed by atoms with Gasteiger partial charge in [-0.05, 0) is 12.8 Å². The Morgan fingerprint density at radius 3 is 2.87 bits per heavy atom. The van der Waals surface area contributed by atoms with Crippen LogP contribution >= 0.6 is 0 Å². The van der Waals surface area contributed by atoms with Crippen LogP contribution in [0.1, 0.15) is 51.9 Å². The summed E-state index contributed by atoms with van der Waals surface area (Å²) in [5, 5.41) is 0. The normalized spacial score (nSPS) is 22.3. The van der Waals surface area contributed by atoms with E-state index in [0.29, 0.717) is 24.5 Å². The molecule has 1 rings (SSSR count). The molecule has 1 fully saturated rings. The van der Waals surface area contributed by atoms with Crippen LogP contribution in [0.2, 0.25) is 0 Å². The van der Waals surface area contributed by atoms with Gasteiger partial charge in [0.25, 0.3) is 0 Å². The molecule has 0 aromatic carbocycles. The van der Waals surface area contributed by atoms with E-state index in [0.717, 1.165) is 19.4 Å². The van der Waals surface area contributed by atoms with Crippen LogP contribution in [0, 0.1) is 5.92 Å². The summed E-state index contributed by atoms with van der Waals surface area (Å²) < 4.78 is 0. The lowest BCUT2D eigenvalue weighted by atomic mass is 10.1. The molecule has 1 aliphatic rings. The highest BCUT2D eigenvalue weighted by molar-refractivity contribution is 5.91. The van der Waals surface area contributed by atoms with Crippen LogP contribution in [0.25, 0.3) is 0 Å². The van der Waals surface area contributed by atoms with Gasteiger partial charge in [-0.15, -0.1) is 0 Å². The summed E-state index contributed by atoms with van der Waals surface area (Å²) in [4.78, 5) is 15.4. The number of nitrogens with zero attached hydrogens (tertiary/aromatic N) is 1. The van der Waals surface area contributed by atoms with Crippen LogP contribution in [-0.2, 0) is 4.79 Å². The van der Waals surface area contributed by atoms with Crippen LogP contribution in [0.15, 0.2) is 4.99 Å². The smallest absolute Gasteiger partial charge is 0.133 e. The van der Waals surface area contributed by atoms with Crippen LogP contribution in [-0.4, -0.2) is 18.2 Å². The number of aliphatic imine (C=N–C) groups is 1. The maximum atomic E-state index is 11.1. The van der Waals surface area contributed by atoms with Gasteiger partial charge in [0.05, 0.1) is 5.84 Å². The number of carbonyl (C=O) groups excluding carboxylic acids is 1. The molecule has 0 aliphatic heterocycles. The van der Waals surface area contributed by atoms with E-state index in [1.165, 1.54) is 19.3 Å². The highest BCUT2D eigenvalue weighted by Gasteiger charge is 2.24. The maximum absolute atomic E-state index is 11.1. The standard InChI is InChI=1S/C12H22N2O/c1-2-3-4-5-8-14-12(13)10-6-7-11(15)9-10/h10H,2-9H2,1H3,(H2,13,14)/t10-/m0/s1. The van der Waals surface area contributed by atoms with Gasteiger partial charge in [0.2, 0.25) is 0 Å². The van der Waals surface area contributed by atoms with Crippen molar-refractivity contribution >= 4 is 11.6 Å². The van der Waals surface area contributed by atoms with Crippen LogP contribution in [0.5, 0.6) is 0 Å². The van der Waals surface area contributed by atoms with Crippen LogP contribution in [0.4, 0.5) is 0 Å². The third kappa shape index (κ3) is 4.45. The van der Waals surface area contributed by atoms with E-state index in [2.05, 4.69) is 11.9 Å². The Labute approximate surface area is 92.1 Å². The molecule has 0 saturated heterocycles. The van der Waals surface area contributed by atoms with Crippen molar-refractivity contribution in [1.82, 2.24) is 0 Å². The molecule has 0 spiro atoms. The number of unbranched alkanes of at least 4 members (excludes halogenated alkanes) is 3. The van der Waals surface area contributed by atoms with Crippen molar-refractivity contribution in [2.45, 2.75) is 51.9 Å². The van der Waals surface area contributed by atoms with Gasteiger partial charge in [0.15, 0.2) is 0 Å². The van der Waals surface area contributed by atoms with E-state index in [1.807, 2.05) is 0 Å². The fourth-order valence-electron chi connectivity index (χ4n) is 1.94. The topological polar surface area (TPSA) is 55.4 Å². The number of carbonyl (C=O) groups is 1. The van der Waals surface area contributed by atoms with Crippen LogP contribution < -0.4 is 5.73 Å². The van der Waals surface area contributed by atoms with Gasteiger partial charge in [-0.1, -0.05) is 26.2 Å². The van der Waals surface area contributed by atoms with Gasteiger partial charge in [-0.25, -0.2) is 0 Å². The molecule has 0 amide bonds. The van der Waals surface area contributed by atoms with Crippen molar-refractivity contribution in [3.63, 3.8) is 0 Å². The second kappa shape index (κ2) is 6.59. The molecule has 0 aromatic heterocycles. The molecule has 0 heterocycles. The van der Waals surface area contributed by atoms with Crippen molar-refractivity contribution in [2.24, 2.45) is 16.6 Å². The van der Waals surface area contributed by atoms with E-state index in [4.69, 9.17) is 5.73 Å². The molecular weight excluding hydrogens is 188 g/mol. The van der Waals surface area contributed by atoms with Crippen molar-refractivity contribution < 1.29 is 4.79 Å². The lowest BCUT2D eigenvalue weighted by Gasteiger charge is -2.06. The van der Waals surface area contributed by atoms with E-state index < -0.39 is 0 Å². The Balaban J connectivity index is 2.18. The number of rotatable bonds is 6. The summed E-state index contributed by atoms with van der Waals surface area (Å²) in [6, 6.07) is 0. The largest absolute Gasteiger partial charge is 0.387 e. The molecule has 1 saturated carbocycles. The van der Waals surface area contributed by atoms with Gasteiger partial charge in [0, 0.05) is 25.3 Å². The Hall–Kier alpha value is -0.860. The summed E-state index contributed by atoms with van der Waals surface area (Å²) in [6.07, 6.45) is 7.09. The number of nitrogens with two attached hydrogens (primary N) is 1. The summed E-state index contributed by atoms with van der Waals surface area (Å²) in [5.74, 6) is 1.28. The monoisotopic (exact) mass is 210 g/mol. The number of hydrogen-bond donors (Lipinski definition) is 1.